The highest BCUT2D eigenvalue weighted by atomic mass is 16.5. The van der Waals surface area contributed by atoms with E-state index in [1.54, 1.807) is 0 Å². The molecule has 0 saturated carbocycles. The average Bonchev–Trinajstić information content (AvgIpc) is 2.97. The second-order valence-corrected chi connectivity index (χ2v) is 12.7. The first-order chi connectivity index (χ1) is 20.6. The van der Waals surface area contributed by atoms with Gasteiger partial charge in [-0.1, -0.05) is 194 Å². The maximum Gasteiger partial charge on any atom is 0.305 e. The number of carbonyl (C=O) groups is 2. The third kappa shape index (κ3) is 43.4. The van der Waals surface area contributed by atoms with Crippen molar-refractivity contribution in [3.8, 4) is 0 Å². The van der Waals surface area contributed by atoms with Crippen molar-refractivity contribution >= 4 is 11.9 Å². The molecule has 0 saturated heterocycles. The fourth-order valence-electron chi connectivity index (χ4n) is 5.54. The molecule has 0 fully saturated rings. The van der Waals surface area contributed by atoms with Gasteiger partial charge in [-0.05, 0) is 19.8 Å². The van der Waals surface area contributed by atoms with Gasteiger partial charge in [0.25, 0.3) is 0 Å². The summed E-state index contributed by atoms with van der Waals surface area (Å²) < 4.78 is 4.92. The lowest BCUT2D eigenvalue weighted by Crippen LogP contribution is -2.09. The highest BCUT2D eigenvalue weighted by Crippen LogP contribution is 2.15. The van der Waals surface area contributed by atoms with Crippen LogP contribution >= 0.6 is 0 Å². The van der Waals surface area contributed by atoms with Crippen LogP contribution in [-0.4, -0.2) is 18.5 Å². The minimum Gasteiger partial charge on any atom is -0.466 e. The summed E-state index contributed by atoms with van der Waals surface area (Å²) in [6.45, 7) is 6.93. The van der Waals surface area contributed by atoms with Crippen LogP contribution in [0.15, 0.2) is 0 Å². The van der Waals surface area contributed by atoms with E-state index in [1.807, 2.05) is 6.92 Å². The van der Waals surface area contributed by atoms with Crippen LogP contribution in [0.3, 0.4) is 0 Å². The molecule has 4 nitrogen and oxygen atoms in total. The summed E-state index contributed by atoms with van der Waals surface area (Å²) in [6, 6.07) is 0. The fraction of sp³-hybridized carbons (Fsp3) is 0.947. The highest BCUT2D eigenvalue weighted by Gasteiger charge is 2.01. The zero-order valence-electron chi connectivity index (χ0n) is 29.1. The van der Waals surface area contributed by atoms with E-state index in [2.05, 4.69) is 13.8 Å². The molecule has 0 spiro atoms. The Morgan fingerprint density at radius 1 is 0.381 bits per heavy atom. The van der Waals surface area contributed by atoms with Gasteiger partial charge in [-0.25, -0.2) is 0 Å². The molecule has 0 aromatic rings. The molecule has 0 aromatic heterocycles. The molecule has 252 valence electrons. The smallest absolute Gasteiger partial charge is 0.305 e. The van der Waals surface area contributed by atoms with Crippen LogP contribution in [0, 0.1) is 0 Å². The Balaban J connectivity index is 0. The van der Waals surface area contributed by atoms with E-state index in [0.29, 0.717) is 19.4 Å². The van der Waals surface area contributed by atoms with Crippen LogP contribution in [0.1, 0.15) is 226 Å². The molecule has 0 aliphatic heterocycles. The molecule has 0 aliphatic carbocycles. The number of primary amides is 1. The topological polar surface area (TPSA) is 69.4 Å². The minimum absolute atomic E-state index is 0.0304. The number of ether oxygens (including phenoxy) is 1. The molecular formula is C38H77NO3. The molecule has 0 aliphatic rings. The SMILES string of the molecule is CCCCCCCCCCCCCCCCCC(=O)OCC.CCCCCCCCCCCCCCCCCC(N)=O. The van der Waals surface area contributed by atoms with Crippen molar-refractivity contribution in [2.45, 2.75) is 226 Å². The fourth-order valence-corrected chi connectivity index (χ4v) is 5.54. The van der Waals surface area contributed by atoms with Crippen LogP contribution in [0.2, 0.25) is 0 Å². The van der Waals surface area contributed by atoms with Gasteiger partial charge in [-0.2, -0.15) is 0 Å². The van der Waals surface area contributed by atoms with E-state index < -0.39 is 0 Å². The molecule has 0 atom stereocenters. The van der Waals surface area contributed by atoms with Crippen LogP contribution in [0.4, 0.5) is 0 Å². The quantitative estimate of drug-likeness (QED) is 0.0606. The van der Waals surface area contributed by atoms with Gasteiger partial charge < -0.3 is 10.5 Å². The number of unbranched alkanes of at least 4 members (excludes halogenated alkanes) is 28. The Labute approximate surface area is 264 Å². The second kappa shape index (κ2) is 39.9. The minimum atomic E-state index is -0.153. The number of esters is 1. The summed E-state index contributed by atoms with van der Waals surface area (Å²) >= 11 is 0. The van der Waals surface area contributed by atoms with E-state index in [1.165, 1.54) is 180 Å². The molecule has 1 amide bonds. The monoisotopic (exact) mass is 596 g/mol. The van der Waals surface area contributed by atoms with Gasteiger partial charge in [0, 0.05) is 12.8 Å². The number of hydrogen-bond donors (Lipinski definition) is 1. The zero-order valence-corrected chi connectivity index (χ0v) is 29.1. The number of rotatable bonds is 33. The van der Waals surface area contributed by atoms with Crippen molar-refractivity contribution in [1.29, 1.82) is 0 Å². The van der Waals surface area contributed by atoms with Crippen molar-refractivity contribution in [1.82, 2.24) is 0 Å². The molecule has 0 radical (unpaired) electrons. The normalized spacial score (nSPS) is 10.8. The van der Waals surface area contributed by atoms with E-state index in [9.17, 15) is 9.59 Å². The summed E-state index contributed by atoms with van der Waals surface area (Å²) in [5, 5.41) is 0. The third-order valence-corrected chi connectivity index (χ3v) is 8.32. The van der Waals surface area contributed by atoms with Crippen LogP contribution in [0.25, 0.3) is 0 Å². The summed E-state index contributed by atoms with van der Waals surface area (Å²) in [4.78, 5) is 21.7. The van der Waals surface area contributed by atoms with E-state index in [-0.39, 0.29) is 11.9 Å². The van der Waals surface area contributed by atoms with Gasteiger partial charge in [-0.15, -0.1) is 0 Å². The molecule has 0 rings (SSSR count). The molecule has 0 bridgehead atoms. The van der Waals surface area contributed by atoms with Crippen molar-refractivity contribution < 1.29 is 14.3 Å². The lowest BCUT2D eigenvalue weighted by molar-refractivity contribution is -0.143. The van der Waals surface area contributed by atoms with Crippen LogP contribution < -0.4 is 5.73 Å². The number of amides is 1. The zero-order chi connectivity index (χ0) is 31.2. The maximum absolute atomic E-state index is 11.2. The van der Waals surface area contributed by atoms with E-state index in [4.69, 9.17) is 10.5 Å². The first-order valence-electron chi connectivity index (χ1n) is 19.0. The van der Waals surface area contributed by atoms with Gasteiger partial charge in [0.15, 0.2) is 0 Å². The Bertz CT molecular complexity index is 522. The van der Waals surface area contributed by atoms with Crippen LogP contribution in [0.5, 0.6) is 0 Å². The predicted octanol–water partition coefficient (Wildman–Crippen LogP) is 12.5. The first kappa shape index (κ1) is 43.1. The molecule has 42 heavy (non-hydrogen) atoms. The summed E-state index contributed by atoms with van der Waals surface area (Å²) in [5.41, 5.74) is 5.11. The Morgan fingerprint density at radius 2 is 0.619 bits per heavy atom. The lowest BCUT2D eigenvalue weighted by atomic mass is 10.0. The molecule has 0 aromatic carbocycles. The van der Waals surface area contributed by atoms with Gasteiger partial charge >= 0.3 is 5.97 Å². The number of hydrogen-bond acceptors (Lipinski definition) is 3. The van der Waals surface area contributed by atoms with Gasteiger partial charge in [-0.3, -0.25) is 9.59 Å². The second-order valence-electron chi connectivity index (χ2n) is 12.7. The Hall–Kier alpha value is -1.06. The Kier molecular flexibility index (Phi) is 41.0. The number of nitrogens with two attached hydrogens (primary N) is 1. The van der Waals surface area contributed by atoms with E-state index in [0.717, 1.165) is 12.8 Å². The first-order valence-corrected chi connectivity index (χ1v) is 19.0. The summed E-state index contributed by atoms with van der Waals surface area (Å²) in [6.07, 6.45) is 41.8. The molecule has 2 N–H and O–H groups in total. The highest BCUT2D eigenvalue weighted by molar-refractivity contribution is 5.73. The summed E-state index contributed by atoms with van der Waals surface area (Å²) in [5.74, 6) is -0.183. The standard InChI is InChI=1S/C20H40O2.C18H37NO/c1-3-5-6-7-8-9-10-11-12-13-14-15-16-17-18-19-20(21)22-4-2;1-2-3-4-5-6-7-8-9-10-11-12-13-14-15-16-17-18(19)20/h3-19H2,1-2H3;2-17H2,1H3,(H2,19,20). The van der Waals surface area contributed by atoms with Crippen molar-refractivity contribution in [3.63, 3.8) is 0 Å². The lowest BCUT2D eigenvalue weighted by Gasteiger charge is -2.03. The third-order valence-electron chi connectivity index (χ3n) is 8.32. The largest absolute Gasteiger partial charge is 0.466 e. The number of carbonyl (C=O) groups excluding carboxylic acids is 2. The summed E-state index contributed by atoms with van der Waals surface area (Å²) in [7, 11) is 0. The Morgan fingerprint density at radius 3 is 0.857 bits per heavy atom. The molecule has 0 heterocycles. The van der Waals surface area contributed by atoms with Crippen molar-refractivity contribution in [2.75, 3.05) is 6.61 Å². The average molecular weight is 596 g/mol. The van der Waals surface area contributed by atoms with Crippen molar-refractivity contribution in [3.05, 3.63) is 0 Å². The maximum atomic E-state index is 11.2. The predicted molar refractivity (Wildman–Crippen MR) is 185 cm³/mol. The molecule has 4 heteroatoms. The van der Waals surface area contributed by atoms with Gasteiger partial charge in [0.1, 0.15) is 0 Å². The molecular weight excluding hydrogens is 518 g/mol. The van der Waals surface area contributed by atoms with Gasteiger partial charge in [0.2, 0.25) is 5.91 Å². The van der Waals surface area contributed by atoms with E-state index >= 15 is 0 Å². The molecule has 0 unspecified atom stereocenters. The van der Waals surface area contributed by atoms with Gasteiger partial charge in [0.05, 0.1) is 6.61 Å². The van der Waals surface area contributed by atoms with Crippen LogP contribution in [-0.2, 0) is 14.3 Å². The van der Waals surface area contributed by atoms with Crippen molar-refractivity contribution in [2.24, 2.45) is 5.73 Å².